The van der Waals surface area contributed by atoms with Crippen LogP contribution >= 0.6 is 0 Å². The Labute approximate surface area is 117 Å². The first-order valence-corrected chi connectivity index (χ1v) is 8.99. The molecule has 0 saturated heterocycles. The molecule has 6 heteroatoms. The van der Waals surface area contributed by atoms with Crippen molar-refractivity contribution in [3.8, 4) is 0 Å². The summed E-state index contributed by atoms with van der Waals surface area (Å²) in [5, 5.41) is 13.3. The van der Waals surface area contributed by atoms with Gasteiger partial charge >= 0.3 is 0 Å². The van der Waals surface area contributed by atoms with Gasteiger partial charge in [0.1, 0.15) is 9.84 Å². The van der Waals surface area contributed by atoms with Crippen molar-refractivity contribution in [1.82, 2.24) is 10.2 Å². The van der Waals surface area contributed by atoms with Gasteiger partial charge in [0, 0.05) is 25.4 Å². The van der Waals surface area contributed by atoms with Crippen LogP contribution in [0.5, 0.6) is 0 Å². The van der Waals surface area contributed by atoms with E-state index in [4.69, 9.17) is 0 Å². The zero-order chi connectivity index (χ0) is 14.7. The maximum Gasteiger partial charge on any atom is 0.148 e. The van der Waals surface area contributed by atoms with Gasteiger partial charge in [-0.2, -0.15) is 0 Å². The van der Waals surface area contributed by atoms with Crippen molar-refractivity contribution < 1.29 is 13.5 Å². The number of likely N-dealkylation sites (N-methyl/N-ethyl adjacent to an activating group) is 1. The van der Waals surface area contributed by atoms with E-state index in [1.54, 1.807) is 0 Å². The van der Waals surface area contributed by atoms with Gasteiger partial charge in [0.25, 0.3) is 0 Å². The molecule has 0 heterocycles. The molecular weight excluding hydrogens is 264 g/mol. The summed E-state index contributed by atoms with van der Waals surface area (Å²) < 4.78 is 22.4. The van der Waals surface area contributed by atoms with Crippen LogP contribution in [0.15, 0.2) is 0 Å². The minimum atomic E-state index is -2.93. The zero-order valence-corrected chi connectivity index (χ0v) is 13.3. The molecule has 0 aliphatic heterocycles. The molecule has 19 heavy (non-hydrogen) atoms. The topological polar surface area (TPSA) is 69.6 Å². The second kappa shape index (κ2) is 6.52. The van der Waals surface area contributed by atoms with Gasteiger partial charge in [0.05, 0.1) is 17.9 Å². The van der Waals surface area contributed by atoms with E-state index in [1.807, 2.05) is 11.9 Å². The monoisotopic (exact) mass is 292 g/mol. The van der Waals surface area contributed by atoms with E-state index in [0.29, 0.717) is 25.0 Å². The van der Waals surface area contributed by atoms with Crippen LogP contribution < -0.4 is 5.32 Å². The highest BCUT2D eigenvalue weighted by Gasteiger charge is 2.45. The summed E-state index contributed by atoms with van der Waals surface area (Å²) in [6, 6.07) is 0.302. The van der Waals surface area contributed by atoms with Crippen molar-refractivity contribution in [1.29, 1.82) is 0 Å². The van der Waals surface area contributed by atoms with Crippen LogP contribution in [0.1, 0.15) is 26.7 Å². The summed E-state index contributed by atoms with van der Waals surface area (Å²) >= 11 is 0. The Kier molecular flexibility index (Phi) is 5.79. The average Bonchev–Trinajstić information content (AvgIpc) is 3.07. The van der Waals surface area contributed by atoms with E-state index in [1.165, 1.54) is 6.26 Å². The van der Waals surface area contributed by atoms with Crippen molar-refractivity contribution in [3.05, 3.63) is 0 Å². The predicted molar refractivity (Wildman–Crippen MR) is 78.0 cm³/mol. The molecule has 0 aromatic carbocycles. The van der Waals surface area contributed by atoms with E-state index in [0.717, 1.165) is 12.8 Å². The lowest BCUT2D eigenvalue weighted by atomic mass is 9.92. The van der Waals surface area contributed by atoms with E-state index < -0.39 is 9.84 Å². The van der Waals surface area contributed by atoms with Crippen LogP contribution in [0, 0.1) is 5.92 Å². The number of sulfone groups is 1. The molecule has 2 N–H and O–H groups in total. The number of nitrogens with one attached hydrogen (secondary N) is 1. The maximum atomic E-state index is 11.2. The molecule has 114 valence electrons. The third kappa shape index (κ3) is 5.77. The van der Waals surface area contributed by atoms with Gasteiger partial charge in [-0.1, -0.05) is 13.8 Å². The number of nitrogens with zero attached hydrogens (tertiary/aromatic N) is 1. The Morgan fingerprint density at radius 3 is 2.37 bits per heavy atom. The lowest BCUT2D eigenvalue weighted by molar-refractivity contribution is 0.0953. The Morgan fingerprint density at radius 1 is 1.42 bits per heavy atom. The number of aliphatic hydroxyl groups is 1. The molecule has 1 saturated carbocycles. The summed E-state index contributed by atoms with van der Waals surface area (Å²) in [5.41, 5.74) is -0.291. The highest BCUT2D eigenvalue weighted by Crippen LogP contribution is 2.40. The van der Waals surface area contributed by atoms with Crippen LogP contribution in [0.2, 0.25) is 0 Å². The van der Waals surface area contributed by atoms with Crippen LogP contribution in [-0.4, -0.2) is 68.8 Å². The fraction of sp³-hybridized carbons (Fsp3) is 1.00. The SMILES string of the molecule is CC(C)NC(CO)(CN(C)CCS(C)(=O)=O)C1CC1. The molecule has 0 radical (unpaired) electrons. The van der Waals surface area contributed by atoms with E-state index in [9.17, 15) is 13.5 Å². The molecule has 1 aliphatic rings. The van der Waals surface area contributed by atoms with Gasteiger partial charge in [-0.05, 0) is 25.8 Å². The minimum absolute atomic E-state index is 0.0963. The molecule has 1 fully saturated rings. The lowest BCUT2D eigenvalue weighted by Crippen LogP contribution is -2.59. The van der Waals surface area contributed by atoms with Crippen LogP contribution in [-0.2, 0) is 9.84 Å². The van der Waals surface area contributed by atoms with Crippen LogP contribution in [0.25, 0.3) is 0 Å². The van der Waals surface area contributed by atoms with Crippen molar-refractivity contribution in [2.24, 2.45) is 5.92 Å². The van der Waals surface area contributed by atoms with E-state index >= 15 is 0 Å². The number of rotatable bonds is 9. The molecule has 0 aromatic rings. The molecule has 0 amide bonds. The predicted octanol–water partition coefficient (Wildman–Crippen LogP) is 0.102. The Morgan fingerprint density at radius 2 is 2.00 bits per heavy atom. The summed E-state index contributed by atoms with van der Waals surface area (Å²) in [6.45, 7) is 5.43. The molecule has 1 rings (SSSR count). The number of aliphatic hydroxyl groups excluding tert-OH is 1. The smallest absolute Gasteiger partial charge is 0.148 e. The number of hydrogen-bond donors (Lipinski definition) is 2. The van der Waals surface area contributed by atoms with Gasteiger partial charge in [0.15, 0.2) is 0 Å². The zero-order valence-electron chi connectivity index (χ0n) is 12.5. The average molecular weight is 292 g/mol. The first-order valence-electron chi connectivity index (χ1n) is 6.93. The molecule has 0 spiro atoms. The minimum Gasteiger partial charge on any atom is -0.394 e. The van der Waals surface area contributed by atoms with Gasteiger partial charge in [-0.15, -0.1) is 0 Å². The lowest BCUT2D eigenvalue weighted by Gasteiger charge is -2.38. The normalized spacial score (nSPS) is 19.9. The first-order chi connectivity index (χ1) is 8.68. The molecule has 0 bridgehead atoms. The highest BCUT2D eigenvalue weighted by molar-refractivity contribution is 7.90. The van der Waals surface area contributed by atoms with Crippen molar-refractivity contribution in [2.45, 2.75) is 38.3 Å². The quantitative estimate of drug-likeness (QED) is 0.631. The maximum absolute atomic E-state index is 11.2. The Balaban J connectivity index is 2.61. The number of hydrogen-bond acceptors (Lipinski definition) is 5. The second-order valence-corrected chi connectivity index (χ2v) is 8.51. The molecule has 1 aliphatic carbocycles. The summed E-state index contributed by atoms with van der Waals surface area (Å²) in [5.74, 6) is 0.665. The Hall–Kier alpha value is -0.170. The third-order valence-electron chi connectivity index (χ3n) is 3.61. The van der Waals surface area contributed by atoms with Gasteiger partial charge in [0.2, 0.25) is 0 Å². The fourth-order valence-corrected chi connectivity index (χ4v) is 3.25. The molecule has 1 unspecified atom stereocenters. The second-order valence-electron chi connectivity index (χ2n) is 6.26. The summed E-state index contributed by atoms with van der Waals surface area (Å²) in [6.07, 6.45) is 3.54. The van der Waals surface area contributed by atoms with E-state index in [-0.39, 0.29) is 17.9 Å². The Bertz CT molecular complexity index is 379. The molecule has 0 aromatic heterocycles. The van der Waals surface area contributed by atoms with Crippen LogP contribution in [0.4, 0.5) is 0 Å². The highest BCUT2D eigenvalue weighted by atomic mass is 32.2. The third-order valence-corrected chi connectivity index (χ3v) is 4.54. The summed E-state index contributed by atoms with van der Waals surface area (Å²) in [7, 11) is -1.02. The molecule has 1 atom stereocenters. The van der Waals surface area contributed by atoms with Crippen molar-refractivity contribution in [2.75, 3.05) is 38.8 Å². The van der Waals surface area contributed by atoms with Crippen LogP contribution in [0.3, 0.4) is 0 Å². The fourth-order valence-electron chi connectivity index (χ4n) is 2.61. The van der Waals surface area contributed by atoms with Crippen molar-refractivity contribution in [3.63, 3.8) is 0 Å². The van der Waals surface area contributed by atoms with Gasteiger partial charge < -0.3 is 15.3 Å². The largest absolute Gasteiger partial charge is 0.394 e. The van der Waals surface area contributed by atoms with E-state index in [2.05, 4.69) is 19.2 Å². The van der Waals surface area contributed by atoms with Gasteiger partial charge in [-0.3, -0.25) is 0 Å². The first kappa shape index (κ1) is 16.9. The van der Waals surface area contributed by atoms with Gasteiger partial charge in [-0.25, -0.2) is 8.42 Å². The van der Waals surface area contributed by atoms with Crippen molar-refractivity contribution >= 4 is 9.84 Å². The molecule has 5 nitrogen and oxygen atoms in total. The standard InChI is InChI=1S/C13H28N2O3S/c1-11(2)14-13(10-16,12-5-6-12)9-15(3)7-8-19(4,17)18/h11-12,14,16H,5-10H2,1-4H3. The summed E-state index contributed by atoms with van der Waals surface area (Å²) in [4.78, 5) is 2.00. The molecular formula is C13H28N2O3S.